The maximum Gasteiger partial charge on any atom is 0.217 e. The Morgan fingerprint density at radius 1 is 1.43 bits per heavy atom. The molecule has 0 bridgehead atoms. The summed E-state index contributed by atoms with van der Waals surface area (Å²) in [5, 5.41) is 0. The molecule has 0 heterocycles. The van der Waals surface area contributed by atoms with Gasteiger partial charge in [-0.1, -0.05) is 52.7 Å². The SMILES string of the molecule is CCCCCC(C)(C)C(C)OC(=S)S. The van der Waals surface area contributed by atoms with Crippen molar-refractivity contribution in [3.05, 3.63) is 0 Å². The second-order valence-electron chi connectivity index (χ2n) is 4.47. The summed E-state index contributed by atoms with van der Waals surface area (Å²) < 4.78 is 5.79. The second kappa shape index (κ2) is 6.67. The first-order valence-electron chi connectivity index (χ1n) is 5.29. The minimum Gasteiger partial charge on any atom is -0.475 e. The van der Waals surface area contributed by atoms with Gasteiger partial charge in [0.1, 0.15) is 6.10 Å². The molecule has 0 radical (unpaired) electrons. The van der Waals surface area contributed by atoms with Gasteiger partial charge in [-0.05, 0) is 25.6 Å². The number of thiol groups is 1. The van der Waals surface area contributed by atoms with Crippen molar-refractivity contribution in [2.24, 2.45) is 5.41 Å². The Balaban J connectivity index is 3.95. The van der Waals surface area contributed by atoms with Crippen molar-refractivity contribution in [3.8, 4) is 0 Å². The lowest BCUT2D eigenvalue weighted by Gasteiger charge is -2.31. The van der Waals surface area contributed by atoms with E-state index < -0.39 is 0 Å². The summed E-state index contributed by atoms with van der Waals surface area (Å²) >= 11 is 8.81. The summed E-state index contributed by atoms with van der Waals surface area (Å²) in [7, 11) is 0. The molecule has 1 nitrogen and oxygen atoms in total. The number of hydrogen-bond acceptors (Lipinski definition) is 2. The van der Waals surface area contributed by atoms with Gasteiger partial charge in [0.25, 0.3) is 0 Å². The Hall–Kier alpha value is 0.240. The summed E-state index contributed by atoms with van der Waals surface area (Å²) in [5.41, 5.74) is 0.183. The van der Waals surface area contributed by atoms with E-state index in [4.69, 9.17) is 17.0 Å². The van der Waals surface area contributed by atoms with E-state index in [1.54, 1.807) is 0 Å². The quantitative estimate of drug-likeness (QED) is 0.419. The highest BCUT2D eigenvalue weighted by Crippen LogP contribution is 2.30. The zero-order valence-electron chi connectivity index (χ0n) is 9.67. The predicted molar refractivity (Wildman–Crippen MR) is 70.1 cm³/mol. The molecule has 0 aliphatic carbocycles. The van der Waals surface area contributed by atoms with Crippen LogP contribution in [-0.2, 0) is 4.74 Å². The fourth-order valence-electron chi connectivity index (χ4n) is 1.34. The van der Waals surface area contributed by atoms with E-state index in [9.17, 15) is 0 Å². The molecule has 0 aromatic rings. The van der Waals surface area contributed by atoms with E-state index in [1.807, 2.05) is 0 Å². The van der Waals surface area contributed by atoms with Gasteiger partial charge in [0, 0.05) is 5.41 Å². The maximum atomic E-state index is 5.44. The number of thiocarbonyl (C=S) groups is 1. The summed E-state index contributed by atoms with van der Waals surface area (Å²) in [6.07, 6.45) is 5.14. The summed E-state index contributed by atoms with van der Waals surface area (Å²) in [4.78, 5) is 0. The van der Waals surface area contributed by atoms with Crippen LogP contribution in [0.4, 0.5) is 0 Å². The Labute approximate surface area is 99.0 Å². The minimum absolute atomic E-state index is 0.143. The Morgan fingerprint density at radius 3 is 2.43 bits per heavy atom. The van der Waals surface area contributed by atoms with Gasteiger partial charge in [-0.15, -0.1) is 0 Å². The molecule has 84 valence electrons. The predicted octanol–water partition coefficient (Wildman–Crippen LogP) is 4.21. The summed E-state index contributed by atoms with van der Waals surface area (Å²) in [6.45, 7) is 8.73. The first-order valence-corrected chi connectivity index (χ1v) is 6.15. The zero-order valence-corrected chi connectivity index (χ0v) is 11.4. The van der Waals surface area contributed by atoms with Gasteiger partial charge in [0.15, 0.2) is 0 Å². The molecule has 0 fully saturated rings. The first-order chi connectivity index (χ1) is 6.40. The highest BCUT2D eigenvalue weighted by Gasteiger charge is 2.27. The van der Waals surface area contributed by atoms with Crippen molar-refractivity contribution in [1.82, 2.24) is 0 Å². The van der Waals surface area contributed by atoms with Crippen molar-refractivity contribution in [1.29, 1.82) is 0 Å². The van der Waals surface area contributed by atoms with E-state index in [1.165, 1.54) is 25.7 Å². The molecule has 0 aromatic carbocycles. The number of rotatable bonds is 6. The molecular formula is C11H22OS2. The monoisotopic (exact) mass is 234 g/mol. The van der Waals surface area contributed by atoms with Gasteiger partial charge >= 0.3 is 0 Å². The van der Waals surface area contributed by atoms with Crippen molar-refractivity contribution < 1.29 is 4.74 Å². The van der Waals surface area contributed by atoms with Crippen LogP contribution in [0.3, 0.4) is 0 Å². The zero-order chi connectivity index (χ0) is 11.2. The topological polar surface area (TPSA) is 9.23 Å². The Kier molecular flexibility index (Phi) is 6.79. The van der Waals surface area contributed by atoms with E-state index >= 15 is 0 Å². The fourth-order valence-corrected chi connectivity index (χ4v) is 1.65. The lowest BCUT2D eigenvalue weighted by Crippen LogP contribution is -2.30. The standard InChI is InChI=1S/C11H22OS2/c1-5-6-7-8-11(3,4)9(2)12-10(13)14/h9H,5-8H2,1-4H3,(H,13,14). The van der Waals surface area contributed by atoms with Gasteiger partial charge in [0.2, 0.25) is 4.38 Å². The molecule has 0 saturated carbocycles. The number of unbranched alkanes of at least 4 members (excludes halogenated alkanes) is 2. The fraction of sp³-hybridized carbons (Fsp3) is 0.909. The molecule has 1 atom stereocenters. The van der Waals surface area contributed by atoms with Gasteiger partial charge in [-0.25, -0.2) is 0 Å². The van der Waals surface area contributed by atoms with E-state index in [2.05, 4.69) is 40.3 Å². The van der Waals surface area contributed by atoms with Crippen LogP contribution in [0.1, 0.15) is 53.4 Å². The summed E-state index contributed by atoms with van der Waals surface area (Å²) in [5.74, 6) is 0. The van der Waals surface area contributed by atoms with Gasteiger partial charge in [-0.2, -0.15) is 0 Å². The van der Waals surface area contributed by atoms with Gasteiger partial charge < -0.3 is 4.74 Å². The summed E-state index contributed by atoms with van der Waals surface area (Å²) in [6, 6.07) is 0. The van der Waals surface area contributed by atoms with Crippen molar-refractivity contribution in [2.45, 2.75) is 59.5 Å². The molecule has 1 unspecified atom stereocenters. The molecule has 3 heteroatoms. The minimum atomic E-state index is 0.143. The third kappa shape index (κ3) is 5.86. The highest BCUT2D eigenvalue weighted by atomic mass is 32.1. The second-order valence-corrected chi connectivity index (χ2v) is 5.55. The lowest BCUT2D eigenvalue weighted by molar-refractivity contribution is 0.0763. The third-order valence-corrected chi connectivity index (χ3v) is 3.00. The molecule has 0 saturated heterocycles. The Morgan fingerprint density at radius 2 is 2.00 bits per heavy atom. The van der Waals surface area contributed by atoms with Crippen LogP contribution in [0.5, 0.6) is 0 Å². The third-order valence-electron chi connectivity index (χ3n) is 2.80. The Bertz CT molecular complexity index is 178. The van der Waals surface area contributed by atoms with Crippen LogP contribution in [0.25, 0.3) is 0 Å². The lowest BCUT2D eigenvalue weighted by atomic mass is 9.82. The maximum absolute atomic E-state index is 5.44. The van der Waals surface area contributed by atoms with Crippen LogP contribution >= 0.6 is 24.8 Å². The smallest absolute Gasteiger partial charge is 0.217 e. The van der Waals surface area contributed by atoms with E-state index in [0.29, 0.717) is 4.38 Å². The molecule has 0 amide bonds. The molecule has 0 N–H and O–H groups in total. The molecule has 0 spiro atoms. The molecule has 0 aliphatic rings. The van der Waals surface area contributed by atoms with Crippen molar-refractivity contribution in [3.63, 3.8) is 0 Å². The molecule has 0 rings (SSSR count). The van der Waals surface area contributed by atoms with E-state index in [-0.39, 0.29) is 11.5 Å². The molecular weight excluding hydrogens is 212 g/mol. The normalized spacial score (nSPS) is 13.8. The average molecular weight is 234 g/mol. The van der Waals surface area contributed by atoms with Crippen LogP contribution in [0.15, 0.2) is 0 Å². The van der Waals surface area contributed by atoms with E-state index in [0.717, 1.165) is 0 Å². The number of hydrogen-bond donors (Lipinski definition) is 1. The average Bonchev–Trinajstić information content (AvgIpc) is 2.03. The van der Waals surface area contributed by atoms with Crippen LogP contribution in [0.2, 0.25) is 0 Å². The van der Waals surface area contributed by atoms with Gasteiger partial charge in [-0.3, -0.25) is 0 Å². The number of ether oxygens (including phenoxy) is 1. The van der Waals surface area contributed by atoms with Crippen LogP contribution in [0, 0.1) is 5.41 Å². The molecule has 0 aromatic heterocycles. The van der Waals surface area contributed by atoms with Crippen molar-refractivity contribution >= 4 is 29.2 Å². The first kappa shape index (κ1) is 14.2. The largest absolute Gasteiger partial charge is 0.475 e. The molecule has 0 aliphatic heterocycles. The van der Waals surface area contributed by atoms with Crippen LogP contribution < -0.4 is 0 Å². The highest BCUT2D eigenvalue weighted by molar-refractivity contribution is 8.10. The van der Waals surface area contributed by atoms with Gasteiger partial charge in [0.05, 0.1) is 0 Å². The molecule has 14 heavy (non-hydrogen) atoms. The van der Waals surface area contributed by atoms with Crippen LogP contribution in [-0.4, -0.2) is 10.5 Å². The van der Waals surface area contributed by atoms with Crippen molar-refractivity contribution in [2.75, 3.05) is 0 Å².